The molecule has 0 aromatic heterocycles. The molecule has 0 saturated carbocycles. The first kappa shape index (κ1) is 13.9. The third-order valence-electron chi connectivity index (χ3n) is 4.66. The van der Waals surface area contributed by atoms with E-state index >= 15 is 0 Å². The molecule has 1 saturated heterocycles. The van der Waals surface area contributed by atoms with Crippen molar-refractivity contribution in [2.45, 2.75) is 50.2 Å². The van der Waals surface area contributed by atoms with Gasteiger partial charge < -0.3 is 14.8 Å². The normalized spacial score (nSPS) is 27.4. The van der Waals surface area contributed by atoms with Gasteiger partial charge in [-0.15, -0.1) is 0 Å². The number of nitrogens with one attached hydrogen (secondary N) is 1. The molecular weight excluding hydrogens is 250 g/mol. The highest BCUT2D eigenvalue weighted by atomic mass is 16.5. The largest absolute Gasteiger partial charge is 0.493 e. The first-order valence-corrected chi connectivity index (χ1v) is 7.89. The van der Waals surface area contributed by atoms with E-state index in [1.165, 1.54) is 24.8 Å². The van der Waals surface area contributed by atoms with Gasteiger partial charge in [-0.25, -0.2) is 0 Å². The van der Waals surface area contributed by atoms with E-state index in [9.17, 15) is 0 Å². The molecule has 3 atom stereocenters. The molecule has 0 bridgehead atoms. The van der Waals surface area contributed by atoms with E-state index < -0.39 is 0 Å². The number of rotatable bonds is 4. The van der Waals surface area contributed by atoms with Crippen molar-refractivity contribution in [1.82, 2.24) is 5.32 Å². The fraction of sp³-hybridized carbons (Fsp3) is 0.647. The summed E-state index contributed by atoms with van der Waals surface area (Å²) >= 11 is 0. The first-order valence-electron chi connectivity index (χ1n) is 7.89. The maximum atomic E-state index is 5.97. The smallest absolute Gasteiger partial charge is 0.122 e. The van der Waals surface area contributed by atoms with Gasteiger partial charge in [0.1, 0.15) is 5.75 Å². The van der Waals surface area contributed by atoms with Crippen LogP contribution in [0, 0.1) is 0 Å². The minimum atomic E-state index is 0.378. The zero-order valence-corrected chi connectivity index (χ0v) is 12.3. The minimum Gasteiger partial charge on any atom is -0.493 e. The lowest BCUT2D eigenvalue weighted by Crippen LogP contribution is -2.42. The Kier molecular flexibility index (Phi) is 4.58. The fourth-order valence-electron chi connectivity index (χ4n) is 3.51. The summed E-state index contributed by atoms with van der Waals surface area (Å²) in [6.07, 6.45) is 6.34. The second-order valence-corrected chi connectivity index (χ2v) is 5.91. The Hall–Kier alpha value is -1.06. The van der Waals surface area contributed by atoms with Gasteiger partial charge in [-0.3, -0.25) is 0 Å². The Balaban J connectivity index is 1.70. The fourth-order valence-corrected chi connectivity index (χ4v) is 3.51. The van der Waals surface area contributed by atoms with Crippen molar-refractivity contribution in [3.05, 3.63) is 29.8 Å². The van der Waals surface area contributed by atoms with Crippen molar-refractivity contribution in [2.75, 3.05) is 20.3 Å². The van der Waals surface area contributed by atoms with E-state index in [0.717, 1.165) is 31.8 Å². The number of ether oxygens (including phenoxy) is 2. The molecule has 3 unspecified atom stereocenters. The van der Waals surface area contributed by atoms with Gasteiger partial charge in [0.25, 0.3) is 0 Å². The topological polar surface area (TPSA) is 30.5 Å². The molecule has 2 aliphatic heterocycles. The van der Waals surface area contributed by atoms with E-state index in [-0.39, 0.29) is 0 Å². The van der Waals surface area contributed by atoms with Gasteiger partial charge in [0, 0.05) is 12.6 Å². The molecule has 0 aliphatic carbocycles. The predicted molar refractivity (Wildman–Crippen MR) is 80.4 cm³/mol. The predicted octanol–water partition coefficient (Wildman–Crippen LogP) is 3.10. The molecule has 1 N–H and O–H groups in total. The number of hydrogen-bond donors (Lipinski definition) is 1. The molecule has 2 heterocycles. The van der Waals surface area contributed by atoms with Crippen molar-refractivity contribution >= 4 is 0 Å². The van der Waals surface area contributed by atoms with E-state index in [4.69, 9.17) is 9.47 Å². The molecule has 20 heavy (non-hydrogen) atoms. The second-order valence-electron chi connectivity index (χ2n) is 5.91. The summed E-state index contributed by atoms with van der Waals surface area (Å²) in [6.45, 7) is 1.76. The average molecular weight is 275 g/mol. The van der Waals surface area contributed by atoms with Gasteiger partial charge in [0.05, 0.1) is 12.7 Å². The zero-order chi connectivity index (χ0) is 13.8. The molecule has 1 fully saturated rings. The summed E-state index contributed by atoms with van der Waals surface area (Å²) in [4.78, 5) is 0. The summed E-state index contributed by atoms with van der Waals surface area (Å²) in [5.41, 5.74) is 1.37. The number of hydrogen-bond acceptors (Lipinski definition) is 3. The first-order chi connectivity index (χ1) is 9.88. The molecule has 3 nitrogen and oxygen atoms in total. The summed E-state index contributed by atoms with van der Waals surface area (Å²) in [7, 11) is 2.06. The van der Waals surface area contributed by atoms with E-state index in [2.05, 4.69) is 36.6 Å². The molecule has 0 spiro atoms. The van der Waals surface area contributed by atoms with Gasteiger partial charge in [-0.1, -0.05) is 18.2 Å². The lowest BCUT2D eigenvalue weighted by atomic mass is 9.85. The Morgan fingerprint density at radius 2 is 2.10 bits per heavy atom. The van der Waals surface area contributed by atoms with Crippen molar-refractivity contribution in [2.24, 2.45) is 0 Å². The Bertz CT molecular complexity index is 429. The quantitative estimate of drug-likeness (QED) is 0.916. The van der Waals surface area contributed by atoms with E-state index in [0.29, 0.717) is 18.1 Å². The van der Waals surface area contributed by atoms with Crippen LogP contribution in [0.5, 0.6) is 5.75 Å². The van der Waals surface area contributed by atoms with E-state index in [1.54, 1.807) is 0 Å². The van der Waals surface area contributed by atoms with Crippen LogP contribution in [0.3, 0.4) is 0 Å². The molecule has 0 amide bonds. The van der Waals surface area contributed by atoms with Crippen LogP contribution in [0.4, 0.5) is 0 Å². The molecule has 3 rings (SSSR count). The Labute approximate surface area is 121 Å². The van der Waals surface area contributed by atoms with Crippen molar-refractivity contribution in [3.8, 4) is 5.75 Å². The van der Waals surface area contributed by atoms with Crippen LogP contribution in [-0.4, -0.2) is 32.4 Å². The third-order valence-corrected chi connectivity index (χ3v) is 4.66. The van der Waals surface area contributed by atoms with Gasteiger partial charge in [0.15, 0.2) is 0 Å². The average Bonchev–Trinajstić information content (AvgIpc) is 2.53. The van der Waals surface area contributed by atoms with Crippen LogP contribution in [0.2, 0.25) is 0 Å². The van der Waals surface area contributed by atoms with Crippen LogP contribution in [0.15, 0.2) is 24.3 Å². The van der Waals surface area contributed by atoms with Gasteiger partial charge in [-0.2, -0.15) is 0 Å². The molecule has 2 aliphatic rings. The molecule has 0 radical (unpaired) electrons. The zero-order valence-electron chi connectivity index (χ0n) is 12.3. The van der Waals surface area contributed by atoms with Crippen LogP contribution < -0.4 is 10.1 Å². The summed E-state index contributed by atoms with van der Waals surface area (Å²) in [5, 5.41) is 3.48. The molecule has 3 heteroatoms. The molecule has 110 valence electrons. The van der Waals surface area contributed by atoms with Crippen LogP contribution in [-0.2, 0) is 4.74 Å². The lowest BCUT2D eigenvalue weighted by molar-refractivity contribution is -0.00982. The monoisotopic (exact) mass is 275 g/mol. The number of likely N-dealkylation sites (N-methyl/N-ethyl adjacent to an activating group) is 1. The highest BCUT2D eigenvalue weighted by Crippen LogP contribution is 2.37. The van der Waals surface area contributed by atoms with Crippen LogP contribution in [0.25, 0.3) is 0 Å². The van der Waals surface area contributed by atoms with Crippen molar-refractivity contribution in [1.29, 1.82) is 0 Å². The Morgan fingerprint density at radius 3 is 2.90 bits per heavy atom. The molecular formula is C17H25NO2. The maximum absolute atomic E-state index is 5.97. The molecule has 1 aromatic carbocycles. The minimum absolute atomic E-state index is 0.378. The standard InChI is InChI=1S/C17H25NO2/c1-18-15(17-8-4-5-10-19-17)12-13-9-11-20-16-7-3-2-6-14(13)16/h2-3,6-7,13,15,17-18H,4-5,8-12H2,1H3. The number of benzene rings is 1. The SMILES string of the molecule is CNC(CC1CCOc2ccccc21)C1CCCCO1. The van der Waals surface area contributed by atoms with Gasteiger partial charge in [0.2, 0.25) is 0 Å². The van der Waals surface area contributed by atoms with E-state index in [1.807, 2.05) is 0 Å². The number of fused-ring (bicyclic) bond motifs is 1. The highest BCUT2D eigenvalue weighted by molar-refractivity contribution is 5.37. The number of para-hydroxylation sites is 1. The lowest BCUT2D eigenvalue weighted by Gasteiger charge is -2.34. The Morgan fingerprint density at radius 1 is 1.20 bits per heavy atom. The van der Waals surface area contributed by atoms with Crippen LogP contribution >= 0.6 is 0 Å². The second kappa shape index (κ2) is 6.59. The van der Waals surface area contributed by atoms with Gasteiger partial charge in [-0.05, 0) is 56.7 Å². The van der Waals surface area contributed by atoms with Crippen LogP contribution in [0.1, 0.15) is 43.6 Å². The molecule has 1 aromatic rings. The van der Waals surface area contributed by atoms with Gasteiger partial charge >= 0.3 is 0 Å². The summed E-state index contributed by atoms with van der Waals surface area (Å²) in [5.74, 6) is 1.66. The summed E-state index contributed by atoms with van der Waals surface area (Å²) < 4.78 is 11.7. The third kappa shape index (κ3) is 2.99. The van der Waals surface area contributed by atoms with Crippen molar-refractivity contribution < 1.29 is 9.47 Å². The highest BCUT2D eigenvalue weighted by Gasteiger charge is 2.29. The van der Waals surface area contributed by atoms with Crippen molar-refractivity contribution in [3.63, 3.8) is 0 Å². The summed E-state index contributed by atoms with van der Waals surface area (Å²) in [6, 6.07) is 8.93. The maximum Gasteiger partial charge on any atom is 0.122 e.